The van der Waals surface area contributed by atoms with Crippen LogP contribution in [0.15, 0.2) is 0 Å². The van der Waals surface area contributed by atoms with Crippen LogP contribution in [-0.4, -0.2) is 66.6 Å². The molecule has 1 saturated heterocycles. The van der Waals surface area contributed by atoms with E-state index in [9.17, 15) is 22.9 Å². The highest BCUT2D eigenvalue weighted by molar-refractivity contribution is 7.86. The van der Waals surface area contributed by atoms with Crippen LogP contribution in [0, 0.1) is 5.92 Å². The number of hydrogen-bond donors (Lipinski definition) is 4. The molecule has 8 nitrogen and oxygen atoms in total. The first-order chi connectivity index (χ1) is 10.7. The molecule has 0 aromatic heterocycles. The molecule has 132 valence electrons. The quantitative estimate of drug-likeness (QED) is 0.405. The Labute approximate surface area is 136 Å². The van der Waals surface area contributed by atoms with E-state index < -0.39 is 27.3 Å². The minimum atomic E-state index is -4.49. The molecule has 0 spiro atoms. The fraction of sp³-hybridized carbons (Fsp3) is 0.929. The molecule has 8 atom stereocenters. The van der Waals surface area contributed by atoms with Crippen molar-refractivity contribution in [2.45, 2.75) is 67.6 Å². The molecule has 0 aromatic rings. The van der Waals surface area contributed by atoms with Gasteiger partial charge in [-0.25, -0.2) is 8.42 Å². The normalized spacial score (nSPS) is 47.4. The largest absolute Gasteiger partial charge is 0.748 e. The second kappa shape index (κ2) is 5.96. The third kappa shape index (κ3) is 3.12. The number of aliphatic carboxylic acids is 1. The van der Waals surface area contributed by atoms with Crippen LogP contribution in [0.4, 0.5) is 0 Å². The van der Waals surface area contributed by atoms with Crippen LogP contribution in [0.2, 0.25) is 0 Å². The fourth-order valence-corrected chi connectivity index (χ4v) is 5.74. The third-order valence-electron chi connectivity index (χ3n) is 6.09. The monoisotopic (exact) mass is 347 g/mol. The molecular weight excluding hydrogens is 322 g/mol. The van der Waals surface area contributed by atoms with Gasteiger partial charge in [0.15, 0.2) is 0 Å². The first-order valence-corrected chi connectivity index (χ1v) is 9.68. The standard InChI is InChI=1S/C14H25N3O5S/c1-17-11-4-7(15)2-3-10(11)16-13-9(14(18)19)5-8(6-12(13)17)23(20,21)22/h7-13,16H,2-6,15H2,1H3,(H,18,19)(H,20,21,22). The molecule has 1 heterocycles. The molecule has 3 aliphatic rings. The maximum Gasteiger partial charge on any atom is 0.308 e. The summed E-state index contributed by atoms with van der Waals surface area (Å²) in [5.74, 6) is -1.87. The Bertz CT molecular complexity index is 583. The van der Waals surface area contributed by atoms with Crippen LogP contribution < -0.4 is 16.0 Å². The van der Waals surface area contributed by atoms with Crippen LogP contribution in [0.3, 0.4) is 0 Å². The van der Waals surface area contributed by atoms with Crippen molar-refractivity contribution in [3.63, 3.8) is 0 Å². The highest BCUT2D eigenvalue weighted by Crippen LogP contribution is 2.32. The van der Waals surface area contributed by atoms with Gasteiger partial charge in [0, 0.05) is 18.9 Å². The van der Waals surface area contributed by atoms with Crippen LogP contribution in [0.5, 0.6) is 0 Å². The van der Waals surface area contributed by atoms with Gasteiger partial charge in [0.05, 0.1) is 40.4 Å². The van der Waals surface area contributed by atoms with Gasteiger partial charge in [-0.05, 0) is 19.3 Å². The molecule has 1 aliphatic heterocycles. The number of fused-ring (bicyclic) bond motifs is 2. The molecule has 0 amide bonds. The van der Waals surface area contributed by atoms with Gasteiger partial charge in [-0.2, -0.15) is 0 Å². The Hall–Kier alpha value is -0.740. The lowest BCUT2D eigenvalue weighted by molar-refractivity contribution is -0.942. The van der Waals surface area contributed by atoms with Crippen molar-refractivity contribution in [2.75, 3.05) is 7.05 Å². The summed E-state index contributed by atoms with van der Waals surface area (Å²) in [6.45, 7) is 0. The Morgan fingerprint density at radius 3 is 2.57 bits per heavy atom. The van der Waals surface area contributed by atoms with Gasteiger partial charge in [-0.1, -0.05) is 0 Å². The highest BCUT2D eigenvalue weighted by atomic mass is 32.2. The highest BCUT2D eigenvalue weighted by Gasteiger charge is 2.54. The van der Waals surface area contributed by atoms with Crippen molar-refractivity contribution in [1.82, 2.24) is 5.32 Å². The number of carbonyl (C=O) groups is 1. The number of rotatable bonds is 2. The molecule has 23 heavy (non-hydrogen) atoms. The third-order valence-corrected chi connectivity index (χ3v) is 7.29. The van der Waals surface area contributed by atoms with E-state index in [1.54, 1.807) is 0 Å². The Kier molecular flexibility index (Phi) is 4.43. The summed E-state index contributed by atoms with van der Waals surface area (Å²) in [7, 11) is -2.51. The van der Waals surface area contributed by atoms with Gasteiger partial charge in [0.25, 0.3) is 0 Å². The predicted molar refractivity (Wildman–Crippen MR) is 80.8 cm³/mol. The zero-order valence-electron chi connectivity index (χ0n) is 13.1. The zero-order valence-corrected chi connectivity index (χ0v) is 14.0. The molecule has 9 heteroatoms. The number of nitrogens with two attached hydrogens (primary N) is 1. The number of piperazine rings is 1. The molecule has 0 bridgehead atoms. The zero-order chi connectivity index (χ0) is 16.9. The summed E-state index contributed by atoms with van der Waals surface area (Å²) >= 11 is 0. The molecule has 2 saturated carbocycles. The first-order valence-electron chi connectivity index (χ1n) is 8.21. The number of carboxylic acid groups (broad SMARTS) is 1. The lowest BCUT2D eigenvalue weighted by Crippen LogP contribution is -3.22. The molecule has 5 N–H and O–H groups in total. The number of carboxylic acids is 1. The second-order valence-electron chi connectivity index (χ2n) is 7.36. The summed E-state index contributed by atoms with van der Waals surface area (Å²) in [6, 6.07) is 0.0921. The summed E-state index contributed by atoms with van der Waals surface area (Å²) < 4.78 is 34.4. The topological polar surface area (TPSA) is 137 Å². The minimum Gasteiger partial charge on any atom is -0.748 e. The summed E-state index contributed by atoms with van der Waals surface area (Å²) in [5.41, 5.74) is 6.06. The average Bonchev–Trinajstić information content (AvgIpc) is 2.46. The number of nitrogens with one attached hydrogen (secondary N) is 2. The van der Waals surface area contributed by atoms with Crippen molar-refractivity contribution in [3.05, 3.63) is 0 Å². The SMILES string of the molecule is C[NH+]1C2CC(N)CCC2NC2C(C(=O)O)CC(S(=O)(=O)[O-])CC21. The van der Waals surface area contributed by atoms with Crippen LogP contribution in [0.25, 0.3) is 0 Å². The molecule has 3 fully saturated rings. The van der Waals surface area contributed by atoms with Gasteiger partial charge in [0.2, 0.25) is 0 Å². The van der Waals surface area contributed by atoms with Crippen molar-refractivity contribution in [3.8, 4) is 0 Å². The number of hydrogen-bond acceptors (Lipinski definition) is 6. The number of quaternary nitrogens is 1. The Morgan fingerprint density at radius 2 is 1.96 bits per heavy atom. The Balaban J connectivity index is 1.89. The van der Waals surface area contributed by atoms with E-state index in [0.717, 1.165) is 24.2 Å². The van der Waals surface area contributed by atoms with Crippen LogP contribution in [-0.2, 0) is 14.9 Å². The van der Waals surface area contributed by atoms with Gasteiger partial charge >= 0.3 is 5.97 Å². The van der Waals surface area contributed by atoms with E-state index in [1.165, 1.54) is 0 Å². The van der Waals surface area contributed by atoms with Gasteiger partial charge in [0.1, 0.15) is 12.1 Å². The summed E-state index contributed by atoms with van der Waals surface area (Å²) in [4.78, 5) is 12.8. The van der Waals surface area contributed by atoms with Crippen LogP contribution >= 0.6 is 0 Å². The van der Waals surface area contributed by atoms with Crippen molar-refractivity contribution < 1.29 is 27.8 Å². The minimum absolute atomic E-state index is 0.0977. The van der Waals surface area contributed by atoms with E-state index in [2.05, 4.69) is 5.32 Å². The molecular formula is C14H25N3O5S. The molecule has 3 rings (SSSR count). The molecule has 0 radical (unpaired) electrons. The average molecular weight is 347 g/mol. The van der Waals surface area contributed by atoms with Crippen molar-refractivity contribution in [1.29, 1.82) is 0 Å². The lowest BCUT2D eigenvalue weighted by atomic mass is 9.74. The van der Waals surface area contributed by atoms with E-state index in [0.29, 0.717) is 0 Å². The first kappa shape index (κ1) is 17.1. The predicted octanol–water partition coefficient (Wildman–Crippen LogP) is -2.50. The lowest BCUT2D eigenvalue weighted by Gasteiger charge is -2.53. The van der Waals surface area contributed by atoms with Gasteiger partial charge in [-0.3, -0.25) is 10.1 Å². The smallest absolute Gasteiger partial charge is 0.308 e. The van der Waals surface area contributed by atoms with E-state index in [4.69, 9.17) is 5.73 Å². The van der Waals surface area contributed by atoms with E-state index in [-0.39, 0.29) is 43.1 Å². The second-order valence-corrected chi connectivity index (χ2v) is 9.01. The van der Waals surface area contributed by atoms with E-state index in [1.807, 2.05) is 7.05 Å². The maximum atomic E-state index is 11.6. The Morgan fingerprint density at radius 1 is 1.26 bits per heavy atom. The van der Waals surface area contributed by atoms with E-state index >= 15 is 0 Å². The maximum absolute atomic E-state index is 11.6. The molecule has 8 unspecified atom stereocenters. The number of likely N-dealkylation sites (N-methyl/N-ethyl adjacent to an activating group) is 1. The van der Waals surface area contributed by atoms with Gasteiger partial charge in [-0.15, -0.1) is 0 Å². The van der Waals surface area contributed by atoms with Gasteiger partial charge < -0.3 is 20.3 Å². The van der Waals surface area contributed by atoms with Crippen molar-refractivity contribution in [2.24, 2.45) is 11.7 Å². The molecule has 2 aliphatic carbocycles. The molecule has 0 aromatic carbocycles. The van der Waals surface area contributed by atoms with Crippen LogP contribution in [0.1, 0.15) is 32.1 Å². The van der Waals surface area contributed by atoms with Crippen molar-refractivity contribution >= 4 is 16.1 Å². The summed E-state index contributed by atoms with van der Waals surface area (Å²) in [6.07, 6.45) is 2.77. The fourth-order valence-electron chi connectivity index (χ4n) is 4.86. The summed E-state index contributed by atoms with van der Waals surface area (Å²) in [5, 5.41) is 11.9.